The first-order valence-electron chi connectivity index (χ1n) is 8.98. The number of benzene rings is 3. The molecular formula is C24H18N2O2. The lowest BCUT2D eigenvalue weighted by Crippen LogP contribution is -2.41. The Morgan fingerprint density at radius 2 is 1.00 bits per heavy atom. The molecule has 0 aliphatic carbocycles. The Labute approximate surface area is 163 Å². The number of rotatable bonds is 4. The van der Waals surface area contributed by atoms with Gasteiger partial charge in [0.25, 0.3) is 11.8 Å². The summed E-state index contributed by atoms with van der Waals surface area (Å²) in [5.41, 5.74) is 2.40. The third-order valence-corrected chi connectivity index (χ3v) is 4.40. The van der Waals surface area contributed by atoms with Crippen LogP contribution in [0.25, 0.3) is 6.08 Å². The van der Waals surface area contributed by atoms with E-state index >= 15 is 0 Å². The molecule has 0 radical (unpaired) electrons. The molecule has 4 heteroatoms. The van der Waals surface area contributed by atoms with Crippen LogP contribution in [0, 0.1) is 0 Å². The lowest BCUT2D eigenvalue weighted by Gasteiger charge is -2.27. The smallest absolute Gasteiger partial charge is 0.267 e. The standard InChI is InChI=1S/C24H18N2O2/c27-23-22(18-10-13-19-11-4-1-5-12-19)24(28)26(21-16-8-3-9-17-21)25(23)20-14-6-2-7-15-20/h1-18H/b13-10+. The second-order valence-electron chi connectivity index (χ2n) is 6.26. The van der Waals surface area contributed by atoms with Gasteiger partial charge in [-0.1, -0.05) is 78.9 Å². The summed E-state index contributed by atoms with van der Waals surface area (Å²) in [5, 5.41) is 2.83. The normalized spacial score (nSPS) is 14.2. The zero-order chi connectivity index (χ0) is 19.3. The van der Waals surface area contributed by atoms with E-state index in [1.54, 1.807) is 12.2 Å². The van der Waals surface area contributed by atoms with Gasteiger partial charge in [0.15, 0.2) is 0 Å². The van der Waals surface area contributed by atoms with E-state index in [2.05, 4.69) is 0 Å². The Morgan fingerprint density at radius 1 is 0.571 bits per heavy atom. The van der Waals surface area contributed by atoms with Gasteiger partial charge < -0.3 is 0 Å². The summed E-state index contributed by atoms with van der Waals surface area (Å²) >= 11 is 0. The van der Waals surface area contributed by atoms with Gasteiger partial charge in [-0.3, -0.25) is 9.59 Å². The van der Waals surface area contributed by atoms with Crippen molar-refractivity contribution in [2.75, 3.05) is 10.0 Å². The van der Waals surface area contributed by atoms with Gasteiger partial charge in [0.05, 0.1) is 11.4 Å². The molecule has 4 nitrogen and oxygen atoms in total. The van der Waals surface area contributed by atoms with E-state index in [4.69, 9.17) is 0 Å². The first kappa shape index (κ1) is 17.5. The molecule has 1 heterocycles. The monoisotopic (exact) mass is 366 g/mol. The van der Waals surface area contributed by atoms with E-state index in [9.17, 15) is 9.59 Å². The summed E-state index contributed by atoms with van der Waals surface area (Å²) in [5.74, 6) is -0.699. The highest BCUT2D eigenvalue weighted by Crippen LogP contribution is 2.31. The predicted octanol–water partition coefficient (Wildman–Crippen LogP) is 4.62. The SMILES string of the molecule is O=C1C(=C/C=C/c2ccccc2)C(=O)N(c2ccccc2)N1c1ccccc1. The lowest BCUT2D eigenvalue weighted by atomic mass is 10.1. The fourth-order valence-electron chi connectivity index (χ4n) is 3.07. The van der Waals surface area contributed by atoms with Crippen LogP contribution in [0.2, 0.25) is 0 Å². The molecule has 0 bridgehead atoms. The predicted molar refractivity (Wildman–Crippen MR) is 111 cm³/mol. The van der Waals surface area contributed by atoms with Crippen molar-refractivity contribution < 1.29 is 9.59 Å². The van der Waals surface area contributed by atoms with Crippen molar-refractivity contribution in [3.05, 3.63) is 114 Å². The van der Waals surface area contributed by atoms with E-state index in [1.165, 1.54) is 10.0 Å². The molecule has 0 unspecified atom stereocenters. The number of allylic oxidation sites excluding steroid dienone is 2. The zero-order valence-electron chi connectivity index (χ0n) is 15.1. The molecular weight excluding hydrogens is 348 g/mol. The number of amides is 2. The molecule has 136 valence electrons. The number of para-hydroxylation sites is 2. The maximum absolute atomic E-state index is 13.1. The van der Waals surface area contributed by atoms with Crippen LogP contribution >= 0.6 is 0 Å². The summed E-state index contributed by atoms with van der Waals surface area (Å²) in [6.07, 6.45) is 5.18. The van der Waals surface area contributed by atoms with E-state index in [0.29, 0.717) is 11.4 Å². The first-order chi connectivity index (χ1) is 13.8. The van der Waals surface area contributed by atoms with E-state index < -0.39 is 0 Å². The molecule has 1 aliphatic heterocycles. The number of hydrogen-bond donors (Lipinski definition) is 0. The van der Waals surface area contributed by atoms with E-state index in [-0.39, 0.29) is 17.4 Å². The van der Waals surface area contributed by atoms with Crippen LogP contribution in [0.1, 0.15) is 5.56 Å². The van der Waals surface area contributed by atoms with Crippen LogP contribution in [0.15, 0.2) is 109 Å². The van der Waals surface area contributed by atoms with Gasteiger partial charge in [0.2, 0.25) is 0 Å². The lowest BCUT2D eigenvalue weighted by molar-refractivity contribution is -0.116. The highest BCUT2D eigenvalue weighted by atomic mass is 16.2. The Bertz CT molecular complexity index is 982. The average molecular weight is 366 g/mol. The van der Waals surface area contributed by atoms with Crippen molar-refractivity contribution in [3.8, 4) is 0 Å². The van der Waals surface area contributed by atoms with Crippen LogP contribution in [0.5, 0.6) is 0 Å². The summed E-state index contributed by atoms with van der Waals surface area (Å²) in [6.45, 7) is 0. The zero-order valence-corrected chi connectivity index (χ0v) is 15.1. The maximum Gasteiger partial charge on any atom is 0.283 e. The minimum Gasteiger partial charge on any atom is -0.267 e. The quantitative estimate of drug-likeness (QED) is 0.499. The topological polar surface area (TPSA) is 40.6 Å². The molecule has 2 amide bonds. The molecule has 1 saturated heterocycles. The van der Waals surface area contributed by atoms with Crippen molar-refractivity contribution in [3.63, 3.8) is 0 Å². The third kappa shape index (κ3) is 3.35. The number of nitrogens with zero attached hydrogens (tertiary/aromatic N) is 2. The number of carbonyl (C=O) groups is 2. The van der Waals surface area contributed by atoms with Crippen molar-refractivity contribution in [1.29, 1.82) is 0 Å². The highest BCUT2D eigenvalue weighted by molar-refractivity contribution is 6.36. The van der Waals surface area contributed by atoms with Crippen LogP contribution in [0.4, 0.5) is 11.4 Å². The van der Waals surface area contributed by atoms with Crippen molar-refractivity contribution >= 4 is 29.3 Å². The van der Waals surface area contributed by atoms with Crippen molar-refractivity contribution in [1.82, 2.24) is 0 Å². The highest BCUT2D eigenvalue weighted by Gasteiger charge is 2.42. The summed E-state index contributed by atoms with van der Waals surface area (Å²) in [6, 6.07) is 28.1. The van der Waals surface area contributed by atoms with E-state index in [0.717, 1.165) is 5.56 Å². The van der Waals surface area contributed by atoms with Gasteiger partial charge in [0, 0.05) is 0 Å². The Morgan fingerprint density at radius 3 is 1.46 bits per heavy atom. The van der Waals surface area contributed by atoms with Crippen LogP contribution in [-0.2, 0) is 9.59 Å². The summed E-state index contributed by atoms with van der Waals surface area (Å²) < 4.78 is 0. The average Bonchev–Trinajstić information content (AvgIpc) is 3.00. The van der Waals surface area contributed by atoms with Crippen molar-refractivity contribution in [2.45, 2.75) is 0 Å². The Balaban J connectivity index is 1.73. The second kappa shape index (κ2) is 7.76. The summed E-state index contributed by atoms with van der Waals surface area (Å²) in [7, 11) is 0. The second-order valence-corrected chi connectivity index (χ2v) is 6.26. The Hall–Kier alpha value is -3.92. The molecule has 0 atom stereocenters. The number of anilines is 2. The molecule has 4 rings (SSSR count). The fourth-order valence-corrected chi connectivity index (χ4v) is 3.07. The molecule has 28 heavy (non-hydrogen) atoms. The third-order valence-electron chi connectivity index (χ3n) is 4.40. The maximum atomic E-state index is 13.1. The molecule has 3 aromatic carbocycles. The van der Waals surface area contributed by atoms with Crippen molar-refractivity contribution in [2.24, 2.45) is 0 Å². The molecule has 0 saturated carbocycles. The molecule has 0 N–H and O–H groups in total. The number of hydrogen-bond acceptors (Lipinski definition) is 2. The fraction of sp³-hybridized carbons (Fsp3) is 0. The molecule has 0 aromatic heterocycles. The first-order valence-corrected chi connectivity index (χ1v) is 8.98. The van der Waals surface area contributed by atoms with E-state index in [1.807, 2.05) is 97.1 Å². The minimum absolute atomic E-state index is 0.125. The molecule has 1 aliphatic rings. The van der Waals surface area contributed by atoms with Crippen LogP contribution in [0.3, 0.4) is 0 Å². The number of carbonyl (C=O) groups excluding carboxylic acids is 2. The van der Waals surface area contributed by atoms with Crippen LogP contribution in [-0.4, -0.2) is 11.8 Å². The van der Waals surface area contributed by atoms with Gasteiger partial charge >= 0.3 is 0 Å². The largest absolute Gasteiger partial charge is 0.283 e. The summed E-state index contributed by atoms with van der Waals surface area (Å²) in [4.78, 5) is 26.2. The Kier molecular flexibility index (Phi) is 4.85. The molecule has 0 spiro atoms. The van der Waals surface area contributed by atoms with Gasteiger partial charge in [0.1, 0.15) is 5.57 Å². The van der Waals surface area contributed by atoms with Gasteiger partial charge in [-0.15, -0.1) is 0 Å². The molecule has 3 aromatic rings. The van der Waals surface area contributed by atoms with Gasteiger partial charge in [-0.05, 0) is 35.9 Å². The van der Waals surface area contributed by atoms with Gasteiger partial charge in [-0.2, -0.15) is 0 Å². The van der Waals surface area contributed by atoms with Crippen LogP contribution < -0.4 is 10.0 Å². The van der Waals surface area contributed by atoms with Gasteiger partial charge in [-0.25, -0.2) is 10.0 Å². The minimum atomic E-state index is -0.349. The molecule has 1 fully saturated rings. The number of hydrazine groups is 1.